The topological polar surface area (TPSA) is 58.1 Å². The van der Waals surface area contributed by atoms with Gasteiger partial charge in [0.1, 0.15) is 5.82 Å². The molecule has 1 aromatic heterocycles. The second-order valence-electron chi connectivity index (χ2n) is 3.36. The quantitative estimate of drug-likeness (QED) is 0.715. The zero-order valence-electron chi connectivity index (χ0n) is 7.44. The monoisotopic (exact) mass is 182 g/mol. The number of rotatable bonds is 3. The Bertz CT molecular complexity index is 242. The predicted octanol–water partition coefficient (Wildman–Crippen LogP) is 0.492. The number of H-pyrrole nitrogens is 1. The van der Waals surface area contributed by atoms with Crippen LogP contribution in [0.5, 0.6) is 0 Å². The van der Waals surface area contributed by atoms with Gasteiger partial charge in [-0.3, -0.25) is 0 Å². The van der Waals surface area contributed by atoms with E-state index in [1.54, 1.807) is 12.4 Å². The van der Waals surface area contributed by atoms with E-state index < -0.39 is 6.10 Å². The molecule has 1 saturated heterocycles. The molecule has 2 N–H and O–H groups in total. The molecule has 2 rings (SSSR count). The SMILES string of the molecule is OC(Cc1ncc[nH]1)C1CCCO1. The van der Waals surface area contributed by atoms with E-state index in [2.05, 4.69) is 9.97 Å². The van der Waals surface area contributed by atoms with Gasteiger partial charge in [-0.1, -0.05) is 0 Å². The van der Waals surface area contributed by atoms with Crippen molar-refractivity contribution in [3.05, 3.63) is 18.2 Å². The highest BCUT2D eigenvalue weighted by Gasteiger charge is 2.24. The van der Waals surface area contributed by atoms with Gasteiger partial charge in [0.2, 0.25) is 0 Å². The number of nitrogens with zero attached hydrogens (tertiary/aromatic N) is 1. The summed E-state index contributed by atoms with van der Waals surface area (Å²) in [7, 11) is 0. The Labute approximate surface area is 77.0 Å². The third-order valence-corrected chi connectivity index (χ3v) is 2.35. The molecule has 0 bridgehead atoms. The number of imidazole rings is 1. The Morgan fingerprint density at radius 1 is 1.77 bits per heavy atom. The molecule has 1 aromatic rings. The smallest absolute Gasteiger partial charge is 0.108 e. The molecule has 0 amide bonds. The minimum atomic E-state index is -0.423. The van der Waals surface area contributed by atoms with Crippen molar-refractivity contribution in [1.29, 1.82) is 0 Å². The van der Waals surface area contributed by atoms with Crippen LogP contribution in [0.15, 0.2) is 12.4 Å². The molecule has 1 aliphatic rings. The van der Waals surface area contributed by atoms with Crippen molar-refractivity contribution in [2.45, 2.75) is 31.5 Å². The van der Waals surface area contributed by atoms with Crippen LogP contribution in [-0.2, 0) is 11.2 Å². The molecule has 1 aliphatic heterocycles. The van der Waals surface area contributed by atoms with Gasteiger partial charge in [0.05, 0.1) is 12.2 Å². The van der Waals surface area contributed by atoms with Gasteiger partial charge in [-0.2, -0.15) is 0 Å². The predicted molar refractivity (Wildman–Crippen MR) is 47.3 cm³/mol. The molecule has 0 aliphatic carbocycles. The number of hydrogen-bond donors (Lipinski definition) is 2. The van der Waals surface area contributed by atoms with E-state index in [0.717, 1.165) is 25.3 Å². The summed E-state index contributed by atoms with van der Waals surface area (Å²) in [6.07, 6.45) is 5.60. The summed E-state index contributed by atoms with van der Waals surface area (Å²) in [6, 6.07) is 0. The van der Waals surface area contributed by atoms with Gasteiger partial charge in [0, 0.05) is 25.4 Å². The largest absolute Gasteiger partial charge is 0.390 e. The first-order valence-corrected chi connectivity index (χ1v) is 4.64. The normalized spacial score (nSPS) is 24.8. The Kier molecular flexibility index (Phi) is 2.61. The van der Waals surface area contributed by atoms with E-state index in [1.807, 2.05) is 0 Å². The third kappa shape index (κ3) is 2.08. The second kappa shape index (κ2) is 3.89. The molecule has 4 nitrogen and oxygen atoms in total. The van der Waals surface area contributed by atoms with Gasteiger partial charge in [-0.05, 0) is 12.8 Å². The lowest BCUT2D eigenvalue weighted by molar-refractivity contribution is -0.00161. The first-order chi connectivity index (χ1) is 6.36. The molecule has 1 fully saturated rings. The van der Waals surface area contributed by atoms with Crippen molar-refractivity contribution < 1.29 is 9.84 Å². The van der Waals surface area contributed by atoms with Crippen LogP contribution in [-0.4, -0.2) is 33.9 Å². The Hall–Kier alpha value is -0.870. The maximum absolute atomic E-state index is 9.74. The highest BCUT2D eigenvalue weighted by Crippen LogP contribution is 2.17. The van der Waals surface area contributed by atoms with Crippen LogP contribution in [0.4, 0.5) is 0 Å². The minimum absolute atomic E-state index is 0.00472. The van der Waals surface area contributed by atoms with Crippen molar-refractivity contribution in [2.75, 3.05) is 6.61 Å². The molecule has 72 valence electrons. The number of aromatic nitrogens is 2. The van der Waals surface area contributed by atoms with Crippen molar-refractivity contribution in [1.82, 2.24) is 9.97 Å². The lowest BCUT2D eigenvalue weighted by Crippen LogP contribution is -2.27. The van der Waals surface area contributed by atoms with Gasteiger partial charge in [-0.25, -0.2) is 4.98 Å². The van der Waals surface area contributed by atoms with Gasteiger partial charge >= 0.3 is 0 Å². The van der Waals surface area contributed by atoms with Crippen LogP contribution in [0, 0.1) is 0 Å². The number of ether oxygens (including phenoxy) is 1. The van der Waals surface area contributed by atoms with E-state index in [1.165, 1.54) is 0 Å². The maximum Gasteiger partial charge on any atom is 0.108 e. The Balaban J connectivity index is 1.87. The standard InChI is InChI=1S/C9H14N2O2/c12-7(8-2-1-5-13-8)6-9-10-3-4-11-9/h3-4,7-8,12H,1-2,5-6H2,(H,10,11). The molecule has 4 heteroatoms. The summed E-state index contributed by atoms with van der Waals surface area (Å²) in [4.78, 5) is 7.02. The van der Waals surface area contributed by atoms with E-state index in [4.69, 9.17) is 4.74 Å². The fraction of sp³-hybridized carbons (Fsp3) is 0.667. The fourth-order valence-corrected chi connectivity index (χ4v) is 1.65. The number of aliphatic hydroxyl groups excluding tert-OH is 1. The van der Waals surface area contributed by atoms with Crippen LogP contribution in [0.1, 0.15) is 18.7 Å². The number of aromatic amines is 1. The summed E-state index contributed by atoms with van der Waals surface area (Å²) < 4.78 is 5.37. The van der Waals surface area contributed by atoms with Crippen LogP contribution in [0.3, 0.4) is 0 Å². The molecule has 0 radical (unpaired) electrons. The van der Waals surface area contributed by atoms with Crippen molar-refractivity contribution in [2.24, 2.45) is 0 Å². The molecular formula is C9H14N2O2. The summed E-state index contributed by atoms with van der Waals surface area (Å²) in [5, 5.41) is 9.74. The van der Waals surface area contributed by atoms with Gasteiger partial charge in [0.15, 0.2) is 0 Å². The van der Waals surface area contributed by atoms with Crippen LogP contribution in [0.25, 0.3) is 0 Å². The van der Waals surface area contributed by atoms with Gasteiger partial charge in [0.25, 0.3) is 0 Å². The first kappa shape index (κ1) is 8.72. The summed E-state index contributed by atoms with van der Waals surface area (Å²) in [5.41, 5.74) is 0. The number of nitrogens with one attached hydrogen (secondary N) is 1. The molecule has 2 unspecified atom stereocenters. The van der Waals surface area contributed by atoms with Crippen molar-refractivity contribution in [3.8, 4) is 0 Å². The fourth-order valence-electron chi connectivity index (χ4n) is 1.65. The zero-order chi connectivity index (χ0) is 9.10. The van der Waals surface area contributed by atoms with E-state index >= 15 is 0 Å². The van der Waals surface area contributed by atoms with Crippen LogP contribution >= 0.6 is 0 Å². The Morgan fingerprint density at radius 3 is 3.31 bits per heavy atom. The molecule has 0 aromatic carbocycles. The summed E-state index contributed by atoms with van der Waals surface area (Å²) >= 11 is 0. The lowest BCUT2D eigenvalue weighted by atomic mass is 10.1. The van der Waals surface area contributed by atoms with E-state index in [0.29, 0.717) is 6.42 Å². The number of aliphatic hydroxyl groups is 1. The minimum Gasteiger partial charge on any atom is -0.390 e. The zero-order valence-corrected chi connectivity index (χ0v) is 7.44. The van der Waals surface area contributed by atoms with Gasteiger partial charge < -0.3 is 14.8 Å². The lowest BCUT2D eigenvalue weighted by Gasteiger charge is -2.15. The van der Waals surface area contributed by atoms with E-state index in [9.17, 15) is 5.11 Å². The molecule has 0 spiro atoms. The molecule has 2 heterocycles. The summed E-state index contributed by atoms with van der Waals surface area (Å²) in [5.74, 6) is 0.822. The second-order valence-corrected chi connectivity index (χ2v) is 3.36. The Morgan fingerprint density at radius 2 is 2.69 bits per heavy atom. The van der Waals surface area contributed by atoms with Crippen molar-refractivity contribution >= 4 is 0 Å². The number of hydrogen-bond acceptors (Lipinski definition) is 3. The maximum atomic E-state index is 9.74. The highest BCUT2D eigenvalue weighted by molar-refractivity contribution is 4.91. The van der Waals surface area contributed by atoms with Crippen LogP contribution in [0.2, 0.25) is 0 Å². The molecule has 2 atom stereocenters. The molecular weight excluding hydrogens is 168 g/mol. The molecule has 0 saturated carbocycles. The first-order valence-electron chi connectivity index (χ1n) is 4.64. The average molecular weight is 182 g/mol. The summed E-state index contributed by atoms with van der Waals surface area (Å²) in [6.45, 7) is 0.778. The third-order valence-electron chi connectivity index (χ3n) is 2.35. The van der Waals surface area contributed by atoms with Gasteiger partial charge in [-0.15, -0.1) is 0 Å². The average Bonchev–Trinajstić information content (AvgIpc) is 2.74. The van der Waals surface area contributed by atoms with Crippen molar-refractivity contribution in [3.63, 3.8) is 0 Å². The van der Waals surface area contributed by atoms with Crippen LogP contribution < -0.4 is 0 Å². The van der Waals surface area contributed by atoms with E-state index in [-0.39, 0.29) is 6.10 Å². The molecule has 13 heavy (non-hydrogen) atoms. The highest BCUT2D eigenvalue weighted by atomic mass is 16.5.